The van der Waals surface area contributed by atoms with E-state index in [1.54, 1.807) is 73.8 Å². The van der Waals surface area contributed by atoms with Crippen LogP contribution >= 0.6 is 0 Å². The Bertz CT molecular complexity index is 1080. The van der Waals surface area contributed by atoms with Gasteiger partial charge in [-0.3, -0.25) is 4.79 Å². The van der Waals surface area contributed by atoms with Crippen molar-refractivity contribution in [1.29, 1.82) is 0 Å². The van der Waals surface area contributed by atoms with Crippen LogP contribution in [0.2, 0.25) is 0 Å². The minimum atomic E-state index is -1.15. The first kappa shape index (κ1) is 20.3. The normalized spacial score (nSPS) is 13.1. The highest BCUT2D eigenvalue weighted by Gasteiger charge is 2.27. The summed E-state index contributed by atoms with van der Waals surface area (Å²) in [6, 6.07) is 20.6. The van der Waals surface area contributed by atoms with Crippen molar-refractivity contribution >= 4 is 17.6 Å². The molecular weight excluding hydrogens is 398 g/mol. The van der Waals surface area contributed by atoms with Crippen molar-refractivity contribution in [1.82, 2.24) is 0 Å². The number of anilines is 1. The van der Waals surface area contributed by atoms with Crippen LogP contribution in [0.4, 0.5) is 5.69 Å². The number of nitrogens with one attached hydrogen (secondary N) is 1. The summed E-state index contributed by atoms with van der Waals surface area (Å²) in [5.74, 6) is 0.510. The topological polar surface area (TPSA) is 83.1 Å². The molecule has 1 heterocycles. The van der Waals surface area contributed by atoms with Gasteiger partial charge in [-0.15, -0.1) is 0 Å². The van der Waals surface area contributed by atoms with Crippen LogP contribution in [-0.4, -0.2) is 32.2 Å². The molecule has 1 aliphatic rings. The van der Waals surface area contributed by atoms with Crippen LogP contribution in [-0.2, 0) is 9.53 Å². The minimum absolute atomic E-state index is 0.263. The molecule has 1 aliphatic heterocycles. The molecule has 0 unspecified atom stereocenters. The number of carbonyl (C=O) groups excluding carboxylic acids is 2. The predicted octanol–water partition coefficient (Wildman–Crippen LogP) is 4.00. The van der Waals surface area contributed by atoms with Gasteiger partial charge in [0.2, 0.25) is 6.10 Å². The first-order valence-electron chi connectivity index (χ1n) is 9.74. The van der Waals surface area contributed by atoms with Gasteiger partial charge < -0.3 is 24.3 Å². The zero-order valence-corrected chi connectivity index (χ0v) is 16.9. The molecule has 31 heavy (non-hydrogen) atoms. The number of rotatable bonds is 6. The number of carbonyl (C=O) groups is 2. The maximum Gasteiger partial charge on any atom is 0.339 e. The van der Waals surface area contributed by atoms with Gasteiger partial charge >= 0.3 is 5.97 Å². The number of methoxy groups -OCH3 is 1. The van der Waals surface area contributed by atoms with Crippen LogP contribution < -0.4 is 19.5 Å². The molecule has 3 aromatic rings. The summed E-state index contributed by atoms with van der Waals surface area (Å²) in [5, 5.41) is 2.78. The average molecular weight is 419 g/mol. The van der Waals surface area contributed by atoms with E-state index in [9.17, 15) is 9.59 Å². The van der Waals surface area contributed by atoms with Crippen molar-refractivity contribution in [2.24, 2.45) is 0 Å². The third kappa shape index (κ3) is 4.78. The average Bonchev–Trinajstić information content (AvgIpc) is 2.82. The molecule has 1 atom stereocenters. The number of benzene rings is 3. The summed E-state index contributed by atoms with van der Waals surface area (Å²) in [5.41, 5.74) is 1.34. The lowest BCUT2D eigenvalue weighted by Gasteiger charge is -2.20. The molecule has 0 spiro atoms. The highest BCUT2D eigenvalue weighted by Crippen LogP contribution is 2.32. The van der Waals surface area contributed by atoms with Gasteiger partial charge in [-0.25, -0.2) is 4.79 Å². The van der Waals surface area contributed by atoms with Crippen LogP contribution in [0.1, 0.15) is 22.0 Å². The van der Waals surface area contributed by atoms with E-state index in [2.05, 4.69) is 5.32 Å². The predicted molar refractivity (Wildman–Crippen MR) is 114 cm³/mol. The van der Waals surface area contributed by atoms with Gasteiger partial charge in [0.15, 0.2) is 11.5 Å². The van der Waals surface area contributed by atoms with Crippen molar-refractivity contribution < 1.29 is 28.5 Å². The largest absolute Gasteiger partial charge is 0.497 e. The van der Waals surface area contributed by atoms with E-state index in [-0.39, 0.29) is 5.56 Å². The molecule has 0 bridgehead atoms. The molecule has 1 N–H and O–H groups in total. The molecule has 0 aliphatic carbocycles. The Balaban J connectivity index is 1.56. The standard InChI is InChI=1S/C24H21NO6/c1-28-19-9-5-8-18(15-19)25-23(26)22(16-6-3-2-4-7-16)31-24(27)17-10-11-20-21(14-17)30-13-12-29-20/h2-11,14-15,22H,12-13H2,1H3,(H,25,26)/t22-/m1/s1. The summed E-state index contributed by atoms with van der Waals surface area (Å²) in [4.78, 5) is 25.9. The Morgan fingerprint density at radius 2 is 1.68 bits per heavy atom. The van der Waals surface area contributed by atoms with Gasteiger partial charge in [-0.1, -0.05) is 36.4 Å². The lowest BCUT2D eigenvalue weighted by molar-refractivity contribution is -0.125. The second-order valence-corrected chi connectivity index (χ2v) is 6.78. The lowest BCUT2D eigenvalue weighted by Crippen LogP contribution is -2.26. The molecule has 4 rings (SSSR count). The van der Waals surface area contributed by atoms with Gasteiger partial charge in [0, 0.05) is 17.3 Å². The molecule has 1 amide bonds. The fraction of sp³-hybridized carbons (Fsp3) is 0.167. The van der Waals surface area contributed by atoms with E-state index < -0.39 is 18.0 Å². The minimum Gasteiger partial charge on any atom is -0.497 e. The second kappa shape index (κ2) is 9.21. The Hall–Kier alpha value is -4.00. The van der Waals surface area contributed by atoms with Crippen LogP contribution in [0, 0.1) is 0 Å². The summed E-state index contributed by atoms with van der Waals surface area (Å²) >= 11 is 0. The smallest absolute Gasteiger partial charge is 0.339 e. The third-order valence-electron chi connectivity index (χ3n) is 4.68. The van der Waals surface area contributed by atoms with Gasteiger partial charge in [-0.2, -0.15) is 0 Å². The summed E-state index contributed by atoms with van der Waals surface area (Å²) in [7, 11) is 1.54. The van der Waals surface area contributed by atoms with Crippen molar-refractivity contribution in [3.8, 4) is 17.2 Å². The Morgan fingerprint density at radius 1 is 0.903 bits per heavy atom. The highest BCUT2D eigenvalue weighted by molar-refractivity contribution is 5.98. The van der Waals surface area contributed by atoms with E-state index >= 15 is 0 Å². The molecule has 7 nitrogen and oxygen atoms in total. The van der Waals surface area contributed by atoms with Crippen LogP contribution in [0.15, 0.2) is 72.8 Å². The molecule has 0 saturated heterocycles. The summed E-state index contributed by atoms with van der Waals surface area (Å²) < 4.78 is 21.8. The van der Waals surface area contributed by atoms with Gasteiger partial charge in [-0.05, 0) is 30.3 Å². The molecule has 0 radical (unpaired) electrons. The number of hydrogen-bond acceptors (Lipinski definition) is 6. The Kier molecular flexibility index (Phi) is 6.03. The van der Waals surface area contributed by atoms with E-state index in [1.165, 1.54) is 0 Å². The zero-order chi connectivity index (χ0) is 21.6. The van der Waals surface area contributed by atoms with Gasteiger partial charge in [0.25, 0.3) is 5.91 Å². The van der Waals surface area contributed by atoms with E-state index in [1.807, 2.05) is 6.07 Å². The molecule has 0 aromatic heterocycles. The molecule has 0 fully saturated rings. The SMILES string of the molecule is COc1cccc(NC(=O)[C@H](OC(=O)c2ccc3c(c2)OCCO3)c2ccccc2)c1. The van der Waals surface area contributed by atoms with Crippen molar-refractivity contribution in [2.45, 2.75) is 6.10 Å². The molecular formula is C24H21NO6. The molecule has 0 saturated carbocycles. The molecule has 7 heteroatoms. The van der Waals surface area contributed by atoms with Gasteiger partial charge in [0.05, 0.1) is 12.7 Å². The highest BCUT2D eigenvalue weighted by atomic mass is 16.6. The monoisotopic (exact) mass is 419 g/mol. The Labute approximate surface area is 179 Å². The summed E-state index contributed by atoms with van der Waals surface area (Å²) in [6.07, 6.45) is -1.15. The third-order valence-corrected chi connectivity index (χ3v) is 4.68. The number of hydrogen-bond donors (Lipinski definition) is 1. The maximum absolute atomic E-state index is 13.0. The van der Waals surface area contributed by atoms with Crippen molar-refractivity contribution in [3.05, 3.63) is 83.9 Å². The zero-order valence-electron chi connectivity index (χ0n) is 16.9. The molecule has 158 valence electrons. The maximum atomic E-state index is 13.0. The quantitative estimate of drug-likeness (QED) is 0.608. The van der Waals surface area contributed by atoms with Crippen LogP contribution in [0.25, 0.3) is 0 Å². The lowest BCUT2D eigenvalue weighted by atomic mass is 10.1. The number of amides is 1. The van der Waals surface area contributed by atoms with Gasteiger partial charge in [0.1, 0.15) is 19.0 Å². The Morgan fingerprint density at radius 3 is 2.45 bits per heavy atom. The number of fused-ring (bicyclic) bond motifs is 1. The fourth-order valence-corrected chi connectivity index (χ4v) is 3.15. The van der Waals surface area contributed by atoms with E-state index in [4.69, 9.17) is 18.9 Å². The van der Waals surface area contributed by atoms with Crippen LogP contribution in [0.3, 0.4) is 0 Å². The first-order chi connectivity index (χ1) is 15.1. The van der Waals surface area contributed by atoms with Crippen molar-refractivity contribution in [2.75, 3.05) is 25.6 Å². The first-order valence-corrected chi connectivity index (χ1v) is 9.74. The van der Waals surface area contributed by atoms with E-state index in [0.717, 1.165) is 0 Å². The number of ether oxygens (including phenoxy) is 4. The fourth-order valence-electron chi connectivity index (χ4n) is 3.15. The van der Waals surface area contributed by atoms with E-state index in [0.29, 0.717) is 41.7 Å². The summed E-state index contributed by atoms with van der Waals surface area (Å²) in [6.45, 7) is 0.860. The molecule has 3 aromatic carbocycles. The number of esters is 1. The van der Waals surface area contributed by atoms with Crippen molar-refractivity contribution in [3.63, 3.8) is 0 Å². The second-order valence-electron chi connectivity index (χ2n) is 6.78. The van der Waals surface area contributed by atoms with Crippen LogP contribution in [0.5, 0.6) is 17.2 Å².